The van der Waals surface area contributed by atoms with Crippen LogP contribution in [0.3, 0.4) is 0 Å². The Morgan fingerprint density at radius 2 is 1.94 bits per heavy atom. The highest BCUT2D eigenvalue weighted by Crippen LogP contribution is 2.24. The van der Waals surface area contributed by atoms with Gasteiger partial charge in [-0.3, -0.25) is 0 Å². The number of hydrogen-bond donors (Lipinski definition) is 0. The maximum absolute atomic E-state index is 11.6. The first-order valence-electron chi connectivity index (χ1n) is 4.36. The van der Waals surface area contributed by atoms with E-state index < -0.39 is 15.8 Å². The van der Waals surface area contributed by atoms with Crippen LogP contribution in [0.4, 0.5) is 0 Å². The molecule has 0 aliphatic heterocycles. The van der Waals surface area contributed by atoms with Crippen LogP contribution in [0.15, 0.2) is 17.0 Å². The monoisotopic (exact) mass is 354 g/mol. The number of esters is 1. The van der Waals surface area contributed by atoms with Gasteiger partial charge < -0.3 is 4.74 Å². The second-order valence-electron chi connectivity index (χ2n) is 3.31. The van der Waals surface area contributed by atoms with Crippen molar-refractivity contribution in [2.75, 3.05) is 13.4 Å². The highest BCUT2D eigenvalue weighted by molar-refractivity contribution is 14.1. The van der Waals surface area contributed by atoms with Gasteiger partial charge in [-0.2, -0.15) is 0 Å². The molecule has 88 valence electrons. The fourth-order valence-electron chi connectivity index (χ4n) is 1.33. The molecule has 0 bridgehead atoms. The van der Waals surface area contributed by atoms with Gasteiger partial charge in [-0.15, -0.1) is 0 Å². The summed E-state index contributed by atoms with van der Waals surface area (Å²) in [5.41, 5.74) is 0.743. The molecule has 4 nitrogen and oxygen atoms in total. The largest absolute Gasteiger partial charge is 0.465 e. The Hall–Kier alpha value is -0.630. The molecule has 0 aromatic heterocycles. The maximum Gasteiger partial charge on any atom is 0.339 e. The Kier molecular flexibility index (Phi) is 3.95. The van der Waals surface area contributed by atoms with E-state index in [9.17, 15) is 13.2 Å². The highest BCUT2D eigenvalue weighted by atomic mass is 127. The molecular weight excluding hydrogens is 343 g/mol. The first-order valence-corrected chi connectivity index (χ1v) is 7.33. The van der Waals surface area contributed by atoms with Crippen LogP contribution in [0.2, 0.25) is 0 Å². The van der Waals surface area contributed by atoms with E-state index in [0.29, 0.717) is 5.56 Å². The molecule has 0 atom stereocenters. The lowest BCUT2D eigenvalue weighted by molar-refractivity contribution is 0.0595. The fraction of sp³-hybridized carbons (Fsp3) is 0.300. The van der Waals surface area contributed by atoms with E-state index in [0.717, 1.165) is 9.83 Å². The van der Waals surface area contributed by atoms with Gasteiger partial charge in [0.2, 0.25) is 0 Å². The molecule has 0 aliphatic carbocycles. The second-order valence-corrected chi connectivity index (χ2v) is 6.46. The normalized spacial score (nSPS) is 11.2. The van der Waals surface area contributed by atoms with Crippen LogP contribution in [0.5, 0.6) is 0 Å². The molecule has 0 fully saturated rings. The molecule has 0 radical (unpaired) electrons. The van der Waals surface area contributed by atoms with Gasteiger partial charge in [-0.1, -0.05) is 0 Å². The summed E-state index contributed by atoms with van der Waals surface area (Å²) < 4.78 is 28.5. The summed E-state index contributed by atoms with van der Waals surface area (Å²) in [5.74, 6) is -0.628. The second kappa shape index (κ2) is 4.70. The molecule has 0 spiro atoms. The van der Waals surface area contributed by atoms with Crippen molar-refractivity contribution >= 4 is 38.4 Å². The zero-order valence-corrected chi connectivity index (χ0v) is 12.0. The third-order valence-corrected chi connectivity index (χ3v) is 4.46. The lowest BCUT2D eigenvalue weighted by Crippen LogP contribution is -2.12. The predicted octanol–water partition coefficient (Wildman–Crippen LogP) is 1.79. The van der Waals surface area contributed by atoms with Crippen molar-refractivity contribution in [1.82, 2.24) is 0 Å². The Morgan fingerprint density at radius 3 is 2.38 bits per heavy atom. The average molecular weight is 354 g/mol. The summed E-state index contributed by atoms with van der Waals surface area (Å²) in [6.45, 7) is 1.70. The zero-order chi connectivity index (χ0) is 12.5. The summed E-state index contributed by atoms with van der Waals surface area (Å²) in [4.78, 5) is 11.6. The van der Waals surface area contributed by atoms with Gasteiger partial charge in [0.05, 0.1) is 17.6 Å². The Bertz CT molecular complexity index is 534. The van der Waals surface area contributed by atoms with Crippen LogP contribution in [-0.2, 0) is 14.6 Å². The topological polar surface area (TPSA) is 60.4 Å². The van der Waals surface area contributed by atoms with E-state index in [2.05, 4.69) is 4.74 Å². The number of benzene rings is 1. The molecule has 16 heavy (non-hydrogen) atoms. The van der Waals surface area contributed by atoms with Gasteiger partial charge in [0.1, 0.15) is 0 Å². The molecule has 1 aromatic carbocycles. The number of carbonyl (C=O) groups excluding carboxylic acids is 1. The molecule has 0 amide bonds. The van der Waals surface area contributed by atoms with Crippen LogP contribution in [0.25, 0.3) is 0 Å². The molecule has 0 unspecified atom stereocenters. The van der Waals surface area contributed by atoms with Crippen LogP contribution in [-0.4, -0.2) is 27.8 Å². The minimum Gasteiger partial charge on any atom is -0.465 e. The molecular formula is C10H11IO4S. The van der Waals surface area contributed by atoms with E-state index in [1.807, 2.05) is 22.6 Å². The van der Waals surface area contributed by atoms with Gasteiger partial charge in [-0.25, -0.2) is 13.2 Å². The van der Waals surface area contributed by atoms with Crippen LogP contribution >= 0.6 is 22.6 Å². The first kappa shape index (κ1) is 13.4. The number of halogens is 1. The SMILES string of the molecule is COC(=O)c1c(S(C)(=O)=O)ccc(I)c1C. The van der Waals surface area contributed by atoms with Gasteiger partial charge in [0, 0.05) is 9.83 Å². The lowest BCUT2D eigenvalue weighted by Gasteiger charge is -2.10. The molecule has 0 saturated heterocycles. The van der Waals surface area contributed by atoms with E-state index in [1.165, 1.54) is 13.2 Å². The molecule has 6 heteroatoms. The third kappa shape index (κ3) is 2.54. The third-order valence-electron chi connectivity index (χ3n) is 2.15. The number of sulfone groups is 1. The summed E-state index contributed by atoms with van der Waals surface area (Å²) in [6, 6.07) is 3.09. The van der Waals surface area contributed by atoms with Crippen molar-refractivity contribution in [3.63, 3.8) is 0 Å². The van der Waals surface area contributed by atoms with Crippen molar-refractivity contribution < 1.29 is 17.9 Å². The minimum absolute atomic E-state index is 0.0114. The molecule has 0 saturated carbocycles. The predicted molar refractivity (Wildman–Crippen MR) is 68.3 cm³/mol. The van der Waals surface area contributed by atoms with Crippen LogP contribution in [0, 0.1) is 10.5 Å². The van der Waals surface area contributed by atoms with Gasteiger partial charge >= 0.3 is 5.97 Å². The number of carbonyl (C=O) groups is 1. The summed E-state index contributed by atoms with van der Waals surface area (Å²) >= 11 is 2.04. The number of hydrogen-bond acceptors (Lipinski definition) is 4. The standard InChI is InChI=1S/C10H11IO4S/c1-6-7(11)4-5-8(16(3,13)14)9(6)10(12)15-2/h4-5H,1-3H3. The van der Waals surface area contributed by atoms with Crippen molar-refractivity contribution in [2.45, 2.75) is 11.8 Å². The Labute approximate surface area is 108 Å². The fourth-order valence-corrected chi connectivity index (χ4v) is 2.70. The average Bonchev–Trinajstić information content (AvgIpc) is 2.19. The molecule has 0 aliphatic rings. The van der Waals surface area contributed by atoms with Gasteiger partial charge in [0.15, 0.2) is 9.84 Å². The minimum atomic E-state index is -3.43. The van der Waals surface area contributed by atoms with Gasteiger partial charge in [0.25, 0.3) is 0 Å². The quantitative estimate of drug-likeness (QED) is 0.600. The van der Waals surface area contributed by atoms with Crippen LogP contribution < -0.4 is 0 Å². The van der Waals surface area contributed by atoms with E-state index in [4.69, 9.17) is 0 Å². The van der Waals surface area contributed by atoms with E-state index in [1.54, 1.807) is 13.0 Å². The summed E-state index contributed by atoms with van der Waals surface area (Å²) in [5, 5.41) is 0. The van der Waals surface area contributed by atoms with E-state index in [-0.39, 0.29) is 10.5 Å². The van der Waals surface area contributed by atoms with Crippen molar-refractivity contribution in [2.24, 2.45) is 0 Å². The molecule has 0 heterocycles. The maximum atomic E-state index is 11.6. The van der Waals surface area contributed by atoms with Crippen molar-refractivity contribution in [3.05, 3.63) is 26.8 Å². The smallest absolute Gasteiger partial charge is 0.339 e. The van der Waals surface area contributed by atoms with Gasteiger partial charge in [-0.05, 0) is 47.2 Å². The van der Waals surface area contributed by atoms with Crippen molar-refractivity contribution in [3.8, 4) is 0 Å². The van der Waals surface area contributed by atoms with Crippen molar-refractivity contribution in [1.29, 1.82) is 0 Å². The molecule has 1 rings (SSSR count). The van der Waals surface area contributed by atoms with Crippen LogP contribution in [0.1, 0.15) is 15.9 Å². The molecule has 0 N–H and O–H groups in total. The summed E-state index contributed by atoms with van der Waals surface area (Å²) in [7, 11) is -2.20. The highest BCUT2D eigenvalue weighted by Gasteiger charge is 2.22. The number of methoxy groups -OCH3 is 1. The Balaban J connectivity index is 3.65. The summed E-state index contributed by atoms with van der Waals surface area (Å²) in [6.07, 6.45) is 1.07. The van der Waals surface area contributed by atoms with E-state index >= 15 is 0 Å². The Morgan fingerprint density at radius 1 is 1.38 bits per heavy atom. The number of rotatable bonds is 2. The first-order chi connectivity index (χ1) is 7.29. The molecule has 1 aromatic rings. The number of ether oxygens (including phenoxy) is 1. The zero-order valence-electron chi connectivity index (χ0n) is 9.07. The lowest BCUT2D eigenvalue weighted by atomic mass is 10.1.